The number of nitrogens with one attached hydrogen (secondary N) is 1. The Morgan fingerprint density at radius 2 is 1.79 bits per heavy atom. The molecule has 19 heavy (non-hydrogen) atoms. The summed E-state index contributed by atoms with van der Waals surface area (Å²) in [4.78, 5) is 3.94. The third-order valence-electron chi connectivity index (χ3n) is 2.76. The Kier molecular flexibility index (Phi) is 3.42. The summed E-state index contributed by atoms with van der Waals surface area (Å²) in [5, 5.41) is 3.71. The van der Waals surface area contributed by atoms with Gasteiger partial charge >= 0.3 is 0 Å². The Bertz CT molecular complexity index is 589. The van der Waals surface area contributed by atoms with Crippen LogP contribution >= 0.6 is 11.6 Å². The molecule has 0 amide bonds. The third kappa shape index (κ3) is 2.90. The van der Waals surface area contributed by atoms with Crippen molar-refractivity contribution in [3.63, 3.8) is 0 Å². The highest BCUT2D eigenvalue weighted by molar-refractivity contribution is 6.29. The summed E-state index contributed by atoms with van der Waals surface area (Å²) in [6, 6.07) is 9.40. The number of hydrogen-bond acceptors (Lipinski definition) is 4. The first-order chi connectivity index (χ1) is 9.31. The smallest absolute Gasteiger partial charge is 0.163 e. The van der Waals surface area contributed by atoms with Gasteiger partial charge in [0, 0.05) is 30.1 Å². The molecule has 98 valence electrons. The van der Waals surface area contributed by atoms with E-state index in [9.17, 15) is 0 Å². The average Bonchev–Trinajstić information content (AvgIpc) is 2.63. The molecule has 1 aromatic carbocycles. The summed E-state index contributed by atoms with van der Waals surface area (Å²) >= 11 is 5.85. The molecule has 2 aromatic rings. The molecule has 0 fully saturated rings. The maximum Gasteiger partial charge on any atom is 0.163 e. The number of halogens is 1. The lowest BCUT2D eigenvalue weighted by Crippen LogP contribution is -1.97. The molecule has 0 spiro atoms. The zero-order valence-corrected chi connectivity index (χ0v) is 11.0. The zero-order chi connectivity index (χ0) is 13.1. The molecule has 1 aliphatic heterocycles. The standard InChI is InChI=1S/C14H13ClN2O2/c15-14-9-11(4-5-16-14)17-10-2-3-12-13(8-10)19-7-1-6-18-12/h2-5,8-9H,1,6-7H2,(H,16,17). The molecule has 0 saturated heterocycles. The van der Waals surface area contributed by atoms with Crippen LogP contribution in [0.2, 0.25) is 5.15 Å². The number of benzene rings is 1. The van der Waals surface area contributed by atoms with E-state index in [-0.39, 0.29) is 0 Å². The van der Waals surface area contributed by atoms with Crippen LogP contribution in [0.25, 0.3) is 0 Å². The van der Waals surface area contributed by atoms with Crippen molar-refractivity contribution in [1.82, 2.24) is 4.98 Å². The number of fused-ring (bicyclic) bond motifs is 1. The Morgan fingerprint density at radius 3 is 2.63 bits per heavy atom. The molecule has 0 radical (unpaired) electrons. The Balaban J connectivity index is 1.84. The number of aromatic nitrogens is 1. The van der Waals surface area contributed by atoms with Crippen LogP contribution in [0.1, 0.15) is 6.42 Å². The molecule has 2 heterocycles. The van der Waals surface area contributed by atoms with Crippen molar-refractivity contribution in [3.05, 3.63) is 41.7 Å². The maximum atomic E-state index is 5.85. The molecule has 0 unspecified atom stereocenters. The lowest BCUT2D eigenvalue weighted by molar-refractivity contribution is 0.297. The fraction of sp³-hybridized carbons (Fsp3) is 0.214. The van der Waals surface area contributed by atoms with E-state index in [2.05, 4.69) is 10.3 Å². The van der Waals surface area contributed by atoms with E-state index in [1.165, 1.54) is 0 Å². The predicted octanol–water partition coefficient (Wildman–Crippen LogP) is 3.64. The van der Waals surface area contributed by atoms with E-state index < -0.39 is 0 Å². The van der Waals surface area contributed by atoms with E-state index in [0.29, 0.717) is 18.4 Å². The molecule has 4 nitrogen and oxygen atoms in total. The highest BCUT2D eigenvalue weighted by atomic mass is 35.5. The predicted molar refractivity (Wildman–Crippen MR) is 74.6 cm³/mol. The van der Waals surface area contributed by atoms with Crippen molar-refractivity contribution in [2.45, 2.75) is 6.42 Å². The van der Waals surface area contributed by atoms with Crippen molar-refractivity contribution < 1.29 is 9.47 Å². The van der Waals surface area contributed by atoms with Crippen LogP contribution in [0, 0.1) is 0 Å². The fourth-order valence-corrected chi connectivity index (χ4v) is 2.06. The van der Waals surface area contributed by atoms with Crippen LogP contribution in [-0.4, -0.2) is 18.2 Å². The summed E-state index contributed by atoms with van der Waals surface area (Å²) in [5.74, 6) is 1.55. The topological polar surface area (TPSA) is 43.4 Å². The first-order valence-corrected chi connectivity index (χ1v) is 6.47. The van der Waals surface area contributed by atoms with Gasteiger partial charge in [-0.3, -0.25) is 0 Å². The fourth-order valence-electron chi connectivity index (χ4n) is 1.89. The Hall–Kier alpha value is -1.94. The quantitative estimate of drug-likeness (QED) is 0.851. The number of ether oxygens (including phenoxy) is 2. The van der Waals surface area contributed by atoms with E-state index >= 15 is 0 Å². The second-order valence-electron chi connectivity index (χ2n) is 4.20. The number of hydrogen-bond donors (Lipinski definition) is 1. The molecule has 1 N–H and O–H groups in total. The summed E-state index contributed by atoms with van der Waals surface area (Å²) in [6.45, 7) is 1.37. The zero-order valence-electron chi connectivity index (χ0n) is 10.2. The highest BCUT2D eigenvalue weighted by Gasteiger charge is 2.10. The van der Waals surface area contributed by atoms with Crippen molar-refractivity contribution >= 4 is 23.0 Å². The third-order valence-corrected chi connectivity index (χ3v) is 2.97. The first kappa shape index (κ1) is 12.1. The molecule has 1 aromatic heterocycles. The normalized spacial score (nSPS) is 13.7. The van der Waals surface area contributed by atoms with Gasteiger partial charge in [-0.15, -0.1) is 0 Å². The number of anilines is 2. The van der Waals surface area contributed by atoms with Gasteiger partial charge in [-0.1, -0.05) is 11.6 Å². The van der Waals surface area contributed by atoms with E-state index in [1.807, 2.05) is 24.3 Å². The van der Waals surface area contributed by atoms with Crippen LogP contribution in [0.15, 0.2) is 36.5 Å². The monoisotopic (exact) mass is 276 g/mol. The van der Waals surface area contributed by atoms with E-state index in [4.69, 9.17) is 21.1 Å². The van der Waals surface area contributed by atoms with Crippen LogP contribution in [-0.2, 0) is 0 Å². The van der Waals surface area contributed by atoms with Gasteiger partial charge in [-0.25, -0.2) is 4.98 Å². The van der Waals surface area contributed by atoms with Gasteiger partial charge in [0.1, 0.15) is 5.15 Å². The number of nitrogens with zero attached hydrogens (tertiary/aromatic N) is 1. The van der Waals surface area contributed by atoms with Crippen molar-refractivity contribution in [1.29, 1.82) is 0 Å². The largest absolute Gasteiger partial charge is 0.490 e. The molecule has 0 saturated carbocycles. The van der Waals surface area contributed by atoms with Crippen molar-refractivity contribution in [3.8, 4) is 11.5 Å². The van der Waals surface area contributed by atoms with Gasteiger partial charge in [0.05, 0.1) is 13.2 Å². The van der Waals surface area contributed by atoms with Gasteiger partial charge in [-0.2, -0.15) is 0 Å². The van der Waals surface area contributed by atoms with Crippen LogP contribution in [0.5, 0.6) is 11.5 Å². The van der Waals surface area contributed by atoms with Crippen molar-refractivity contribution in [2.24, 2.45) is 0 Å². The van der Waals surface area contributed by atoms with E-state index in [0.717, 1.165) is 29.3 Å². The summed E-state index contributed by atoms with van der Waals surface area (Å²) < 4.78 is 11.2. The summed E-state index contributed by atoms with van der Waals surface area (Å²) in [6.07, 6.45) is 2.56. The van der Waals surface area contributed by atoms with E-state index in [1.54, 1.807) is 12.3 Å². The Morgan fingerprint density at radius 1 is 1.00 bits per heavy atom. The summed E-state index contributed by atoms with van der Waals surface area (Å²) in [5.41, 5.74) is 1.81. The molecular weight excluding hydrogens is 264 g/mol. The minimum Gasteiger partial charge on any atom is -0.490 e. The van der Waals surface area contributed by atoms with Gasteiger partial charge in [0.2, 0.25) is 0 Å². The second kappa shape index (κ2) is 5.36. The van der Waals surface area contributed by atoms with Crippen LogP contribution in [0.3, 0.4) is 0 Å². The maximum absolute atomic E-state index is 5.85. The lowest BCUT2D eigenvalue weighted by atomic mass is 10.2. The SMILES string of the molecule is Clc1cc(Nc2ccc3c(c2)OCCCO3)ccn1. The van der Waals surface area contributed by atoms with Crippen molar-refractivity contribution in [2.75, 3.05) is 18.5 Å². The highest BCUT2D eigenvalue weighted by Crippen LogP contribution is 2.33. The number of pyridine rings is 1. The molecule has 0 aliphatic carbocycles. The molecular formula is C14H13ClN2O2. The van der Waals surface area contributed by atoms with Gasteiger partial charge < -0.3 is 14.8 Å². The van der Waals surface area contributed by atoms with Crippen LogP contribution in [0.4, 0.5) is 11.4 Å². The lowest BCUT2D eigenvalue weighted by Gasteiger charge is -2.11. The average molecular weight is 277 g/mol. The molecule has 3 rings (SSSR count). The Labute approximate surface area is 116 Å². The molecule has 5 heteroatoms. The molecule has 0 bridgehead atoms. The molecule has 1 aliphatic rings. The van der Waals surface area contributed by atoms with Gasteiger partial charge in [0.15, 0.2) is 11.5 Å². The molecule has 0 atom stereocenters. The van der Waals surface area contributed by atoms with Gasteiger partial charge in [0.25, 0.3) is 0 Å². The first-order valence-electron chi connectivity index (χ1n) is 6.09. The number of rotatable bonds is 2. The summed E-state index contributed by atoms with van der Waals surface area (Å²) in [7, 11) is 0. The van der Waals surface area contributed by atoms with Gasteiger partial charge in [-0.05, 0) is 24.3 Å². The van der Waals surface area contributed by atoms with Crippen LogP contribution < -0.4 is 14.8 Å². The minimum atomic E-state index is 0.458. The minimum absolute atomic E-state index is 0.458. The second-order valence-corrected chi connectivity index (χ2v) is 4.59.